The highest BCUT2D eigenvalue weighted by Gasteiger charge is 2.25. The number of nitrogens with zero attached hydrogens (tertiary/aromatic N) is 1. The van der Waals surface area contributed by atoms with E-state index in [1.54, 1.807) is 39.8 Å². The molecule has 1 rings (SSSR count). The predicted molar refractivity (Wildman–Crippen MR) is 65.9 cm³/mol. The van der Waals surface area contributed by atoms with Crippen molar-refractivity contribution in [3.8, 4) is 0 Å². The zero-order valence-electron chi connectivity index (χ0n) is 10.4. The molecule has 1 aromatic rings. The molecule has 0 fully saturated rings. The summed E-state index contributed by atoms with van der Waals surface area (Å²) in [5, 5.41) is 13.5. The molecular formula is C12H16N2O3. The van der Waals surface area contributed by atoms with Crippen LogP contribution in [0.25, 0.3) is 0 Å². The molecular weight excluding hydrogens is 220 g/mol. The molecule has 0 radical (unpaired) electrons. The molecule has 0 bridgehead atoms. The summed E-state index contributed by atoms with van der Waals surface area (Å²) >= 11 is 0. The van der Waals surface area contributed by atoms with E-state index >= 15 is 0 Å². The third kappa shape index (κ3) is 3.03. The van der Waals surface area contributed by atoms with Crippen LogP contribution in [0, 0.1) is 22.5 Å². The molecule has 0 spiro atoms. The fourth-order valence-electron chi connectivity index (χ4n) is 1.31. The summed E-state index contributed by atoms with van der Waals surface area (Å²) in [5.41, 5.74) is 0.138. The van der Waals surface area contributed by atoms with Crippen molar-refractivity contribution in [3.05, 3.63) is 33.9 Å². The Balaban J connectivity index is 3.12. The van der Waals surface area contributed by atoms with Crippen molar-refractivity contribution < 1.29 is 9.72 Å². The Morgan fingerprint density at radius 3 is 2.41 bits per heavy atom. The normalized spacial score (nSPS) is 11.1. The van der Waals surface area contributed by atoms with Crippen molar-refractivity contribution in [2.24, 2.45) is 5.41 Å². The fraction of sp³-hybridized carbons (Fsp3) is 0.417. The molecule has 92 valence electrons. The number of amides is 1. The van der Waals surface area contributed by atoms with Gasteiger partial charge < -0.3 is 5.32 Å². The van der Waals surface area contributed by atoms with Crippen LogP contribution in [0.5, 0.6) is 0 Å². The molecule has 0 aliphatic heterocycles. The molecule has 0 saturated heterocycles. The van der Waals surface area contributed by atoms with Crippen LogP contribution in [0.3, 0.4) is 0 Å². The Morgan fingerprint density at radius 1 is 1.35 bits per heavy atom. The molecule has 0 saturated carbocycles. The Kier molecular flexibility index (Phi) is 3.50. The number of hydrogen-bond acceptors (Lipinski definition) is 3. The summed E-state index contributed by atoms with van der Waals surface area (Å²) in [6, 6.07) is 4.86. The first-order valence-electron chi connectivity index (χ1n) is 5.29. The molecule has 1 N–H and O–H groups in total. The quantitative estimate of drug-likeness (QED) is 0.633. The molecule has 17 heavy (non-hydrogen) atoms. The van der Waals surface area contributed by atoms with Gasteiger partial charge in [-0.05, 0) is 13.0 Å². The van der Waals surface area contributed by atoms with E-state index in [9.17, 15) is 14.9 Å². The van der Waals surface area contributed by atoms with Gasteiger partial charge in [0.2, 0.25) is 5.91 Å². The van der Waals surface area contributed by atoms with Crippen LogP contribution in [0.4, 0.5) is 11.4 Å². The summed E-state index contributed by atoms with van der Waals surface area (Å²) in [6.45, 7) is 6.91. The minimum Gasteiger partial charge on any atom is -0.320 e. The molecule has 0 aliphatic carbocycles. The van der Waals surface area contributed by atoms with E-state index in [-0.39, 0.29) is 17.3 Å². The van der Waals surface area contributed by atoms with E-state index in [1.807, 2.05) is 0 Å². The van der Waals surface area contributed by atoms with Gasteiger partial charge in [0, 0.05) is 11.0 Å². The van der Waals surface area contributed by atoms with E-state index in [0.717, 1.165) is 0 Å². The van der Waals surface area contributed by atoms with Gasteiger partial charge in [0.05, 0.1) is 4.92 Å². The number of rotatable bonds is 2. The number of hydrogen-bond donors (Lipinski definition) is 1. The first kappa shape index (κ1) is 13.2. The van der Waals surface area contributed by atoms with Crippen LogP contribution in [0.1, 0.15) is 26.3 Å². The van der Waals surface area contributed by atoms with Gasteiger partial charge in [0.1, 0.15) is 5.69 Å². The lowest BCUT2D eigenvalue weighted by Crippen LogP contribution is -2.28. The van der Waals surface area contributed by atoms with E-state index in [1.165, 1.54) is 6.07 Å². The maximum Gasteiger partial charge on any atom is 0.295 e. The predicted octanol–water partition coefficient (Wildman–Crippen LogP) is 2.89. The van der Waals surface area contributed by atoms with Crippen molar-refractivity contribution in [2.45, 2.75) is 27.7 Å². The van der Waals surface area contributed by atoms with Crippen LogP contribution in [0.2, 0.25) is 0 Å². The molecule has 0 heterocycles. The lowest BCUT2D eigenvalue weighted by molar-refractivity contribution is -0.384. The fourth-order valence-corrected chi connectivity index (χ4v) is 1.31. The number of aryl methyl sites for hydroxylation is 1. The number of benzene rings is 1. The van der Waals surface area contributed by atoms with Gasteiger partial charge >= 0.3 is 0 Å². The molecule has 1 amide bonds. The zero-order valence-corrected chi connectivity index (χ0v) is 10.4. The minimum absolute atomic E-state index is 0.0508. The standard InChI is InChI=1S/C12H16N2O3/c1-8-6-5-7-9(10(8)14(16)17)13-11(15)12(2,3)4/h5-7H,1-4H3,(H,13,15). The maximum atomic E-state index is 11.8. The van der Waals surface area contributed by atoms with Crippen molar-refractivity contribution in [2.75, 3.05) is 5.32 Å². The Bertz CT molecular complexity index is 461. The second-order valence-corrected chi connectivity index (χ2v) is 4.93. The number of nitrogens with one attached hydrogen (secondary N) is 1. The Hall–Kier alpha value is -1.91. The van der Waals surface area contributed by atoms with Gasteiger partial charge in [-0.15, -0.1) is 0 Å². The van der Waals surface area contributed by atoms with Crippen molar-refractivity contribution in [3.63, 3.8) is 0 Å². The second kappa shape index (κ2) is 4.53. The van der Waals surface area contributed by atoms with E-state index in [0.29, 0.717) is 5.56 Å². The van der Waals surface area contributed by atoms with Crippen molar-refractivity contribution >= 4 is 17.3 Å². The summed E-state index contributed by atoms with van der Waals surface area (Å²) in [4.78, 5) is 22.2. The van der Waals surface area contributed by atoms with Crippen LogP contribution >= 0.6 is 0 Å². The largest absolute Gasteiger partial charge is 0.320 e. The number of nitro groups is 1. The first-order valence-corrected chi connectivity index (χ1v) is 5.29. The third-order valence-corrected chi connectivity index (χ3v) is 2.35. The molecule has 5 heteroatoms. The van der Waals surface area contributed by atoms with Crippen LogP contribution in [-0.4, -0.2) is 10.8 Å². The topological polar surface area (TPSA) is 72.2 Å². The highest BCUT2D eigenvalue weighted by Crippen LogP contribution is 2.29. The van der Waals surface area contributed by atoms with Crippen LogP contribution < -0.4 is 5.32 Å². The average molecular weight is 236 g/mol. The molecule has 5 nitrogen and oxygen atoms in total. The number of nitro benzene ring substituents is 1. The molecule has 0 unspecified atom stereocenters. The van der Waals surface area contributed by atoms with Gasteiger partial charge in [-0.3, -0.25) is 14.9 Å². The van der Waals surface area contributed by atoms with Gasteiger partial charge in [-0.1, -0.05) is 32.9 Å². The summed E-state index contributed by atoms with van der Waals surface area (Å²) in [6.07, 6.45) is 0. The smallest absolute Gasteiger partial charge is 0.295 e. The highest BCUT2D eigenvalue weighted by atomic mass is 16.6. The monoisotopic (exact) mass is 236 g/mol. The number of carbonyl (C=O) groups excluding carboxylic acids is 1. The average Bonchev–Trinajstić information content (AvgIpc) is 2.15. The minimum atomic E-state index is -0.586. The number of para-hydroxylation sites is 1. The van der Waals surface area contributed by atoms with E-state index in [2.05, 4.69) is 5.32 Å². The van der Waals surface area contributed by atoms with Gasteiger partial charge in [-0.25, -0.2) is 0 Å². The van der Waals surface area contributed by atoms with Crippen molar-refractivity contribution in [1.82, 2.24) is 0 Å². The van der Waals surface area contributed by atoms with Gasteiger partial charge in [0.25, 0.3) is 5.69 Å². The molecule has 1 aromatic carbocycles. The molecule has 0 aliphatic rings. The Morgan fingerprint density at radius 2 is 1.94 bits per heavy atom. The third-order valence-electron chi connectivity index (χ3n) is 2.35. The van der Waals surface area contributed by atoms with Crippen LogP contribution in [-0.2, 0) is 4.79 Å². The van der Waals surface area contributed by atoms with Crippen LogP contribution in [0.15, 0.2) is 18.2 Å². The molecule has 0 aromatic heterocycles. The van der Waals surface area contributed by atoms with Crippen molar-refractivity contribution in [1.29, 1.82) is 0 Å². The SMILES string of the molecule is Cc1cccc(NC(=O)C(C)(C)C)c1[N+](=O)[O-]. The summed E-state index contributed by atoms with van der Waals surface area (Å²) in [7, 11) is 0. The summed E-state index contributed by atoms with van der Waals surface area (Å²) in [5.74, 6) is -0.244. The zero-order chi connectivity index (χ0) is 13.2. The van der Waals surface area contributed by atoms with E-state index < -0.39 is 10.3 Å². The summed E-state index contributed by atoms with van der Waals surface area (Å²) < 4.78 is 0. The first-order chi connectivity index (χ1) is 7.73. The number of anilines is 1. The van der Waals surface area contributed by atoms with Gasteiger partial charge in [0.15, 0.2) is 0 Å². The molecule has 0 atom stereocenters. The van der Waals surface area contributed by atoms with Gasteiger partial charge in [-0.2, -0.15) is 0 Å². The lowest BCUT2D eigenvalue weighted by atomic mass is 9.95. The Labute approximate surface area is 100.0 Å². The second-order valence-electron chi connectivity index (χ2n) is 4.93. The lowest BCUT2D eigenvalue weighted by Gasteiger charge is -2.17. The maximum absolute atomic E-state index is 11.8. The van der Waals surface area contributed by atoms with E-state index in [4.69, 9.17) is 0 Å². The highest BCUT2D eigenvalue weighted by molar-refractivity contribution is 5.96. The number of carbonyl (C=O) groups is 1.